The standard InChI is InChI=1S/C34H29NO4/c36-30(21-16-25-10-4-1-5-11-25)31-32(35(34(38)33(31)37)23-22-26-12-6-2-7-13-26)28-17-19-29(20-18-28)39-24-27-14-8-3-9-15-27/h1-21,32,37H,22-24H2/b21-16+. The highest BCUT2D eigenvalue weighted by Gasteiger charge is 2.42. The second-order valence-corrected chi connectivity index (χ2v) is 9.35. The van der Waals surface area contributed by atoms with Gasteiger partial charge in [-0.3, -0.25) is 9.59 Å². The van der Waals surface area contributed by atoms with Crippen LogP contribution in [0, 0.1) is 0 Å². The third-order valence-electron chi connectivity index (χ3n) is 6.72. The van der Waals surface area contributed by atoms with Crippen LogP contribution in [-0.4, -0.2) is 28.2 Å². The number of ketones is 1. The Labute approximate surface area is 228 Å². The first-order valence-corrected chi connectivity index (χ1v) is 12.9. The van der Waals surface area contributed by atoms with Crippen molar-refractivity contribution in [2.45, 2.75) is 19.1 Å². The molecule has 39 heavy (non-hydrogen) atoms. The van der Waals surface area contributed by atoms with E-state index >= 15 is 0 Å². The molecule has 1 aliphatic heterocycles. The van der Waals surface area contributed by atoms with Crippen molar-refractivity contribution in [3.05, 3.63) is 155 Å². The molecule has 0 fully saturated rings. The molecule has 0 radical (unpaired) electrons. The van der Waals surface area contributed by atoms with Gasteiger partial charge in [0.1, 0.15) is 12.4 Å². The number of allylic oxidation sites excluding steroid dienone is 1. The van der Waals surface area contributed by atoms with Gasteiger partial charge in [0, 0.05) is 6.54 Å². The lowest BCUT2D eigenvalue weighted by molar-refractivity contribution is -0.129. The van der Waals surface area contributed by atoms with Gasteiger partial charge in [0.2, 0.25) is 0 Å². The third-order valence-corrected chi connectivity index (χ3v) is 6.72. The quantitative estimate of drug-likeness (QED) is 0.245. The second-order valence-electron chi connectivity index (χ2n) is 9.35. The van der Waals surface area contributed by atoms with Crippen LogP contribution >= 0.6 is 0 Å². The summed E-state index contributed by atoms with van der Waals surface area (Å²) in [5.41, 5.74) is 3.78. The first-order chi connectivity index (χ1) is 19.1. The van der Waals surface area contributed by atoms with Crippen LogP contribution in [0.4, 0.5) is 0 Å². The van der Waals surface area contributed by atoms with E-state index in [1.807, 2.05) is 115 Å². The lowest BCUT2D eigenvalue weighted by atomic mass is 9.95. The lowest BCUT2D eigenvalue weighted by Crippen LogP contribution is -2.33. The van der Waals surface area contributed by atoms with Gasteiger partial charge in [-0.2, -0.15) is 0 Å². The zero-order valence-electron chi connectivity index (χ0n) is 21.4. The average Bonchev–Trinajstić information content (AvgIpc) is 3.24. The molecular weight excluding hydrogens is 486 g/mol. The fraction of sp³-hybridized carbons (Fsp3) is 0.118. The predicted octanol–water partition coefficient (Wildman–Crippen LogP) is 6.49. The molecule has 0 bridgehead atoms. The first kappa shape index (κ1) is 25.7. The van der Waals surface area contributed by atoms with E-state index in [0.29, 0.717) is 25.3 Å². The maximum Gasteiger partial charge on any atom is 0.290 e. The number of hydrogen-bond donors (Lipinski definition) is 1. The summed E-state index contributed by atoms with van der Waals surface area (Å²) in [5, 5.41) is 10.9. The Bertz CT molecular complexity index is 1480. The van der Waals surface area contributed by atoms with Gasteiger partial charge < -0.3 is 14.7 Å². The summed E-state index contributed by atoms with van der Waals surface area (Å²) < 4.78 is 5.93. The van der Waals surface area contributed by atoms with Gasteiger partial charge in [-0.05, 0) is 46.9 Å². The molecule has 1 unspecified atom stereocenters. The van der Waals surface area contributed by atoms with Crippen molar-refractivity contribution in [1.82, 2.24) is 4.90 Å². The number of nitrogens with zero attached hydrogens (tertiary/aromatic N) is 1. The van der Waals surface area contributed by atoms with E-state index in [4.69, 9.17) is 4.74 Å². The Hall–Kier alpha value is -4.90. The van der Waals surface area contributed by atoms with Gasteiger partial charge in [-0.25, -0.2) is 0 Å². The lowest BCUT2D eigenvalue weighted by Gasteiger charge is -2.27. The molecule has 5 nitrogen and oxygen atoms in total. The molecule has 0 saturated heterocycles. The number of hydrogen-bond acceptors (Lipinski definition) is 4. The molecule has 5 heteroatoms. The molecule has 1 amide bonds. The third kappa shape index (κ3) is 6.16. The Morgan fingerprint density at radius 2 is 1.38 bits per heavy atom. The van der Waals surface area contributed by atoms with Crippen LogP contribution in [0.1, 0.15) is 28.3 Å². The van der Waals surface area contributed by atoms with E-state index in [1.165, 1.54) is 6.08 Å². The normalized spacial score (nSPS) is 15.2. The summed E-state index contributed by atoms with van der Waals surface area (Å²) in [6, 6.07) is 35.8. The van der Waals surface area contributed by atoms with Gasteiger partial charge in [-0.1, -0.05) is 109 Å². The molecule has 1 aliphatic rings. The van der Waals surface area contributed by atoms with Crippen LogP contribution in [0.15, 0.2) is 133 Å². The van der Waals surface area contributed by atoms with E-state index in [9.17, 15) is 14.7 Å². The first-order valence-electron chi connectivity index (χ1n) is 12.9. The maximum atomic E-state index is 13.4. The van der Waals surface area contributed by atoms with Crippen molar-refractivity contribution in [1.29, 1.82) is 0 Å². The number of ether oxygens (including phenoxy) is 1. The highest BCUT2D eigenvalue weighted by molar-refractivity contribution is 6.14. The molecule has 1 atom stereocenters. The largest absolute Gasteiger partial charge is 0.503 e. The molecule has 0 aliphatic carbocycles. The van der Waals surface area contributed by atoms with Crippen LogP contribution < -0.4 is 4.74 Å². The van der Waals surface area contributed by atoms with Gasteiger partial charge in [0.15, 0.2) is 11.5 Å². The Balaban J connectivity index is 1.41. The number of benzene rings is 4. The smallest absolute Gasteiger partial charge is 0.290 e. The molecule has 0 spiro atoms. The average molecular weight is 516 g/mol. The van der Waals surface area contributed by atoms with Gasteiger partial charge in [0.25, 0.3) is 5.91 Å². The Morgan fingerprint density at radius 3 is 2.03 bits per heavy atom. The number of carbonyl (C=O) groups excluding carboxylic acids is 2. The Kier molecular flexibility index (Phi) is 7.98. The number of amides is 1. The molecule has 1 N–H and O–H groups in total. The van der Waals surface area contributed by atoms with Gasteiger partial charge in [-0.15, -0.1) is 0 Å². The highest BCUT2D eigenvalue weighted by atomic mass is 16.5. The zero-order chi connectivity index (χ0) is 27.0. The monoisotopic (exact) mass is 515 g/mol. The summed E-state index contributed by atoms with van der Waals surface area (Å²) in [4.78, 5) is 28.2. The molecule has 0 aromatic heterocycles. The molecule has 4 aromatic rings. The van der Waals surface area contributed by atoms with E-state index in [0.717, 1.165) is 22.3 Å². The van der Waals surface area contributed by atoms with E-state index in [-0.39, 0.29) is 5.57 Å². The molecule has 194 valence electrons. The molecule has 4 aromatic carbocycles. The summed E-state index contributed by atoms with van der Waals surface area (Å²) in [6.07, 6.45) is 3.70. The van der Waals surface area contributed by atoms with Crippen molar-refractivity contribution in [3.63, 3.8) is 0 Å². The van der Waals surface area contributed by atoms with Crippen molar-refractivity contribution in [2.24, 2.45) is 0 Å². The fourth-order valence-electron chi connectivity index (χ4n) is 4.69. The highest BCUT2D eigenvalue weighted by Crippen LogP contribution is 2.38. The SMILES string of the molecule is O=C(/C=C/c1ccccc1)C1=C(O)C(=O)N(CCc2ccccc2)C1c1ccc(OCc2ccccc2)cc1. The molecule has 1 heterocycles. The van der Waals surface area contributed by atoms with Gasteiger partial charge >= 0.3 is 0 Å². The van der Waals surface area contributed by atoms with Crippen LogP contribution in [0.5, 0.6) is 5.75 Å². The van der Waals surface area contributed by atoms with E-state index in [2.05, 4.69) is 0 Å². The number of aliphatic hydroxyl groups is 1. The molecular formula is C34H29NO4. The van der Waals surface area contributed by atoms with Crippen molar-refractivity contribution in [3.8, 4) is 5.75 Å². The van der Waals surface area contributed by atoms with Crippen LogP contribution in [0.3, 0.4) is 0 Å². The minimum atomic E-state index is -0.711. The van der Waals surface area contributed by atoms with E-state index in [1.54, 1.807) is 11.0 Å². The summed E-state index contributed by atoms with van der Waals surface area (Å²) in [6.45, 7) is 0.781. The van der Waals surface area contributed by atoms with Crippen molar-refractivity contribution < 1.29 is 19.4 Å². The number of carbonyl (C=O) groups is 2. The van der Waals surface area contributed by atoms with Gasteiger partial charge in [0.05, 0.1) is 11.6 Å². The van der Waals surface area contributed by atoms with Crippen LogP contribution in [-0.2, 0) is 22.6 Å². The second kappa shape index (κ2) is 12.1. The van der Waals surface area contributed by atoms with Crippen LogP contribution in [0.2, 0.25) is 0 Å². The summed E-state index contributed by atoms with van der Waals surface area (Å²) >= 11 is 0. The van der Waals surface area contributed by atoms with Crippen molar-refractivity contribution in [2.75, 3.05) is 6.54 Å². The summed E-state index contributed by atoms with van der Waals surface area (Å²) in [7, 11) is 0. The fourth-order valence-corrected chi connectivity index (χ4v) is 4.69. The minimum absolute atomic E-state index is 0.0817. The predicted molar refractivity (Wildman–Crippen MR) is 152 cm³/mol. The van der Waals surface area contributed by atoms with E-state index < -0.39 is 23.5 Å². The Morgan fingerprint density at radius 1 is 0.795 bits per heavy atom. The maximum absolute atomic E-state index is 13.4. The van der Waals surface area contributed by atoms with Crippen LogP contribution in [0.25, 0.3) is 6.08 Å². The topological polar surface area (TPSA) is 66.8 Å². The zero-order valence-corrected chi connectivity index (χ0v) is 21.4. The van der Waals surface area contributed by atoms with Crippen molar-refractivity contribution >= 4 is 17.8 Å². The molecule has 0 saturated carbocycles. The summed E-state index contributed by atoms with van der Waals surface area (Å²) in [5.74, 6) is -0.772. The number of aliphatic hydroxyl groups excluding tert-OH is 1. The number of rotatable bonds is 10. The molecule has 5 rings (SSSR count). The minimum Gasteiger partial charge on any atom is -0.503 e.